The minimum absolute atomic E-state index is 0.0620. The predicted octanol–water partition coefficient (Wildman–Crippen LogP) is 4.62. The molecule has 0 saturated heterocycles. The van der Waals surface area contributed by atoms with Crippen LogP contribution in [0, 0.1) is 5.82 Å². The van der Waals surface area contributed by atoms with Crippen molar-refractivity contribution in [2.24, 2.45) is 0 Å². The number of fused-ring (bicyclic) bond motifs is 1. The number of allylic oxidation sites excluding steroid dienone is 1. The van der Waals surface area contributed by atoms with Crippen molar-refractivity contribution in [1.29, 1.82) is 0 Å². The maximum absolute atomic E-state index is 14.5. The molecular formula is C21H26FN3O3. The van der Waals surface area contributed by atoms with E-state index in [1.54, 1.807) is 23.2 Å². The number of carbonyl (C=O) groups is 1. The number of rotatable bonds is 4. The van der Waals surface area contributed by atoms with Gasteiger partial charge in [-0.2, -0.15) is 0 Å². The van der Waals surface area contributed by atoms with Crippen molar-refractivity contribution in [3.8, 4) is 5.88 Å². The number of methoxy groups -OCH3 is 1. The van der Waals surface area contributed by atoms with Gasteiger partial charge >= 0.3 is 6.09 Å². The van der Waals surface area contributed by atoms with Gasteiger partial charge in [-0.15, -0.1) is 0 Å². The molecule has 1 aliphatic heterocycles. The number of amides is 1. The van der Waals surface area contributed by atoms with E-state index < -0.39 is 11.4 Å². The van der Waals surface area contributed by atoms with Crippen molar-refractivity contribution >= 4 is 17.1 Å². The predicted molar refractivity (Wildman–Crippen MR) is 105 cm³/mol. The number of ether oxygens (including phenoxy) is 2. The largest absolute Gasteiger partial charge is 0.481 e. The summed E-state index contributed by atoms with van der Waals surface area (Å²) < 4.78 is 25.2. The SMILES string of the molecule is COc1ccc2ncc(F)c(CC[C@H]3CCC=CN3C(=O)OC(C)(C)C)c2n1. The zero-order chi connectivity index (χ0) is 20.3. The summed E-state index contributed by atoms with van der Waals surface area (Å²) in [6, 6.07) is 3.40. The molecule has 3 rings (SSSR count). The highest BCUT2D eigenvalue weighted by atomic mass is 19.1. The van der Waals surface area contributed by atoms with Gasteiger partial charge in [0.05, 0.1) is 24.3 Å². The van der Waals surface area contributed by atoms with Gasteiger partial charge in [0, 0.05) is 23.9 Å². The first-order valence-corrected chi connectivity index (χ1v) is 9.44. The van der Waals surface area contributed by atoms with Crippen molar-refractivity contribution in [3.05, 3.63) is 42.0 Å². The van der Waals surface area contributed by atoms with E-state index in [1.807, 2.05) is 26.8 Å². The molecule has 6 nitrogen and oxygen atoms in total. The number of hydrogen-bond acceptors (Lipinski definition) is 5. The van der Waals surface area contributed by atoms with Crippen LogP contribution in [0.25, 0.3) is 11.0 Å². The molecule has 0 aliphatic carbocycles. The van der Waals surface area contributed by atoms with Crippen LogP contribution in [0.5, 0.6) is 5.88 Å². The smallest absolute Gasteiger partial charge is 0.414 e. The lowest BCUT2D eigenvalue weighted by Crippen LogP contribution is -2.41. The van der Waals surface area contributed by atoms with Gasteiger partial charge in [0.2, 0.25) is 5.88 Å². The third kappa shape index (κ3) is 4.58. The Balaban J connectivity index is 1.81. The highest BCUT2D eigenvalue weighted by Gasteiger charge is 2.28. The van der Waals surface area contributed by atoms with Gasteiger partial charge in [-0.25, -0.2) is 14.2 Å². The average Bonchev–Trinajstić information content (AvgIpc) is 2.65. The number of aromatic nitrogens is 2. The minimum atomic E-state index is -0.569. The molecule has 0 radical (unpaired) electrons. The lowest BCUT2D eigenvalue weighted by molar-refractivity contribution is 0.0244. The van der Waals surface area contributed by atoms with E-state index in [0.717, 1.165) is 12.8 Å². The lowest BCUT2D eigenvalue weighted by atomic mass is 9.98. The summed E-state index contributed by atoms with van der Waals surface area (Å²) in [5.41, 5.74) is 1.03. The Morgan fingerprint density at radius 2 is 2.14 bits per heavy atom. The topological polar surface area (TPSA) is 64.5 Å². The summed E-state index contributed by atoms with van der Waals surface area (Å²) in [4.78, 5) is 22.6. The van der Waals surface area contributed by atoms with Crippen molar-refractivity contribution in [3.63, 3.8) is 0 Å². The zero-order valence-electron chi connectivity index (χ0n) is 16.7. The van der Waals surface area contributed by atoms with Crippen molar-refractivity contribution in [2.75, 3.05) is 7.11 Å². The van der Waals surface area contributed by atoms with Crippen LogP contribution in [0.4, 0.5) is 9.18 Å². The van der Waals surface area contributed by atoms with E-state index >= 15 is 0 Å². The van der Waals surface area contributed by atoms with E-state index in [9.17, 15) is 9.18 Å². The van der Waals surface area contributed by atoms with E-state index in [4.69, 9.17) is 9.47 Å². The van der Waals surface area contributed by atoms with Crippen LogP contribution < -0.4 is 4.74 Å². The number of pyridine rings is 2. The first kappa shape index (κ1) is 20.0. The van der Waals surface area contributed by atoms with E-state index in [-0.39, 0.29) is 12.1 Å². The fourth-order valence-electron chi connectivity index (χ4n) is 3.29. The molecule has 0 saturated carbocycles. The molecule has 0 unspecified atom stereocenters. The average molecular weight is 387 g/mol. The van der Waals surface area contributed by atoms with Crippen LogP contribution in [0.2, 0.25) is 0 Å². The molecule has 1 atom stereocenters. The monoisotopic (exact) mass is 387 g/mol. The van der Waals surface area contributed by atoms with Crippen LogP contribution in [0.15, 0.2) is 30.6 Å². The van der Waals surface area contributed by atoms with E-state index in [1.165, 1.54) is 13.3 Å². The highest BCUT2D eigenvalue weighted by Crippen LogP contribution is 2.26. The number of carbonyl (C=O) groups excluding carboxylic acids is 1. The third-order valence-electron chi connectivity index (χ3n) is 4.61. The Labute approximate surface area is 164 Å². The number of nitrogens with zero attached hydrogens (tertiary/aromatic N) is 3. The van der Waals surface area contributed by atoms with Gasteiger partial charge < -0.3 is 9.47 Å². The first-order valence-electron chi connectivity index (χ1n) is 9.44. The molecule has 28 heavy (non-hydrogen) atoms. The van der Waals surface area contributed by atoms with E-state index in [0.29, 0.717) is 35.3 Å². The van der Waals surface area contributed by atoms with Crippen LogP contribution >= 0.6 is 0 Å². The van der Waals surface area contributed by atoms with Gasteiger partial charge in [-0.1, -0.05) is 6.08 Å². The fourth-order valence-corrected chi connectivity index (χ4v) is 3.29. The summed E-state index contributed by atoms with van der Waals surface area (Å²) in [6.45, 7) is 5.52. The molecular weight excluding hydrogens is 361 g/mol. The number of aryl methyl sites for hydroxylation is 1. The molecule has 7 heteroatoms. The minimum Gasteiger partial charge on any atom is -0.481 e. The molecule has 2 aromatic rings. The Morgan fingerprint density at radius 1 is 1.36 bits per heavy atom. The summed E-state index contributed by atoms with van der Waals surface area (Å²) in [7, 11) is 1.52. The quantitative estimate of drug-likeness (QED) is 0.766. The van der Waals surface area contributed by atoms with Crippen LogP contribution in [-0.4, -0.2) is 39.7 Å². The summed E-state index contributed by atoms with van der Waals surface area (Å²) in [5.74, 6) is 0.0144. The van der Waals surface area contributed by atoms with Crippen molar-refractivity contribution < 1.29 is 18.7 Å². The second-order valence-corrected chi connectivity index (χ2v) is 7.85. The molecule has 2 aromatic heterocycles. The van der Waals surface area contributed by atoms with Gasteiger partial charge in [0.1, 0.15) is 11.4 Å². The third-order valence-corrected chi connectivity index (χ3v) is 4.61. The molecule has 1 aliphatic rings. The van der Waals surface area contributed by atoms with Crippen molar-refractivity contribution in [1.82, 2.24) is 14.9 Å². The number of halogens is 1. The normalized spacial score (nSPS) is 17.0. The zero-order valence-corrected chi connectivity index (χ0v) is 16.7. The summed E-state index contributed by atoms with van der Waals surface area (Å²) >= 11 is 0. The number of hydrogen-bond donors (Lipinski definition) is 0. The molecule has 150 valence electrons. The molecule has 0 N–H and O–H groups in total. The summed E-state index contributed by atoms with van der Waals surface area (Å²) in [5, 5.41) is 0. The van der Waals surface area contributed by atoms with Crippen LogP contribution in [0.1, 0.15) is 45.6 Å². The standard InChI is InChI=1S/C21H26FN3O3/c1-21(2,3)28-20(26)25-12-6-5-7-14(25)8-9-15-16(22)13-23-17-10-11-18(27-4)24-19(15)17/h6,10-14H,5,7-9H2,1-4H3/t14-/m1/s1. The Morgan fingerprint density at radius 3 is 2.86 bits per heavy atom. The maximum atomic E-state index is 14.5. The molecule has 0 spiro atoms. The highest BCUT2D eigenvalue weighted by molar-refractivity contribution is 5.78. The van der Waals surface area contributed by atoms with Gasteiger partial charge in [0.25, 0.3) is 0 Å². The second kappa shape index (κ2) is 8.12. The molecule has 1 amide bonds. The molecule has 0 aromatic carbocycles. The maximum Gasteiger partial charge on any atom is 0.414 e. The Bertz CT molecular complexity index is 892. The fraction of sp³-hybridized carbons (Fsp3) is 0.476. The second-order valence-electron chi connectivity index (χ2n) is 7.85. The van der Waals surface area contributed by atoms with Gasteiger partial charge in [-0.3, -0.25) is 9.88 Å². The van der Waals surface area contributed by atoms with E-state index in [2.05, 4.69) is 9.97 Å². The van der Waals surface area contributed by atoms with Crippen LogP contribution in [-0.2, 0) is 11.2 Å². The Kier molecular flexibility index (Phi) is 5.82. The van der Waals surface area contributed by atoms with Gasteiger partial charge in [0.15, 0.2) is 0 Å². The molecule has 3 heterocycles. The Hall–Kier alpha value is -2.70. The van der Waals surface area contributed by atoms with Crippen LogP contribution in [0.3, 0.4) is 0 Å². The summed E-state index contributed by atoms with van der Waals surface area (Å²) in [6.07, 6.45) is 7.26. The van der Waals surface area contributed by atoms with Crippen molar-refractivity contribution in [2.45, 2.75) is 58.1 Å². The lowest BCUT2D eigenvalue weighted by Gasteiger charge is -2.33. The first-order chi connectivity index (χ1) is 13.3. The molecule has 0 bridgehead atoms. The molecule has 0 fully saturated rings. The van der Waals surface area contributed by atoms with Gasteiger partial charge in [-0.05, 0) is 52.5 Å².